The Hall–Kier alpha value is -2.88. The molecule has 4 heteroatoms. The van der Waals surface area contributed by atoms with Gasteiger partial charge in [-0.15, -0.1) is 0 Å². The number of rotatable bonds is 4. The van der Waals surface area contributed by atoms with Crippen molar-refractivity contribution in [3.05, 3.63) is 77.6 Å². The van der Waals surface area contributed by atoms with Crippen molar-refractivity contribution in [1.29, 1.82) is 5.41 Å². The van der Waals surface area contributed by atoms with E-state index in [0.717, 1.165) is 22.5 Å². The highest BCUT2D eigenvalue weighted by atomic mass is 15.1. The summed E-state index contributed by atoms with van der Waals surface area (Å²) in [7, 11) is 0. The predicted molar refractivity (Wildman–Crippen MR) is 89.0 cm³/mol. The Bertz CT molecular complexity index is 800. The van der Waals surface area contributed by atoms with E-state index in [2.05, 4.69) is 40.7 Å². The highest BCUT2D eigenvalue weighted by molar-refractivity contribution is 5.95. The lowest BCUT2D eigenvalue weighted by Gasteiger charge is -2.09. The number of nitrogen functional groups attached to an aromatic ring is 1. The van der Waals surface area contributed by atoms with Crippen LogP contribution in [-0.4, -0.2) is 15.4 Å². The summed E-state index contributed by atoms with van der Waals surface area (Å²) in [6.45, 7) is 2.77. The van der Waals surface area contributed by atoms with Crippen LogP contribution in [0.15, 0.2) is 60.9 Å². The van der Waals surface area contributed by atoms with Crippen LogP contribution in [0.2, 0.25) is 0 Å². The Morgan fingerprint density at radius 1 is 1.18 bits per heavy atom. The van der Waals surface area contributed by atoms with Gasteiger partial charge in [0.25, 0.3) is 0 Å². The summed E-state index contributed by atoms with van der Waals surface area (Å²) < 4.78 is 2.10. The van der Waals surface area contributed by atoms with Crippen molar-refractivity contribution in [1.82, 2.24) is 9.55 Å². The zero-order chi connectivity index (χ0) is 15.5. The van der Waals surface area contributed by atoms with E-state index >= 15 is 0 Å². The highest BCUT2D eigenvalue weighted by Crippen LogP contribution is 2.19. The van der Waals surface area contributed by atoms with Crippen molar-refractivity contribution in [3.8, 4) is 11.4 Å². The van der Waals surface area contributed by atoms with E-state index in [0.29, 0.717) is 6.54 Å². The average molecular weight is 290 g/mol. The Labute approximate surface area is 129 Å². The lowest BCUT2D eigenvalue weighted by Crippen LogP contribution is -2.11. The fourth-order valence-electron chi connectivity index (χ4n) is 2.43. The number of nitrogens with one attached hydrogen (secondary N) is 1. The third-order valence-corrected chi connectivity index (χ3v) is 3.62. The molecule has 3 aromatic rings. The quantitative estimate of drug-likeness (QED) is 0.572. The molecule has 0 radical (unpaired) electrons. The van der Waals surface area contributed by atoms with Gasteiger partial charge in [0.05, 0.1) is 0 Å². The maximum Gasteiger partial charge on any atom is 0.140 e. The first-order valence-electron chi connectivity index (χ1n) is 7.15. The molecule has 0 bridgehead atoms. The Morgan fingerprint density at radius 2 is 1.95 bits per heavy atom. The summed E-state index contributed by atoms with van der Waals surface area (Å²) in [6.07, 6.45) is 3.78. The van der Waals surface area contributed by atoms with Gasteiger partial charge in [0, 0.05) is 30.1 Å². The first-order valence-corrected chi connectivity index (χ1v) is 7.15. The van der Waals surface area contributed by atoms with Crippen LogP contribution < -0.4 is 5.73 Å². The molecule has 0 atom stereocenters. The molecular weight excluding hydrogens is 272 g/mol. The number of amidine groups is 1. The fourth-order valence-corrected chi connectivity index (χ4v) is 2.43. The minimum atomic E-state index is 0.0891. The van der Waals surface area contributed by atoms with Gasteiger partial charge >= 0.3 is 0 Å². The van der Waals surface area contributed by atoms with Crippen LogP contribution in [0.3, 0.4) is 0 Å². The van der Waals surface area contributed by atoms with Gasteiger partial charge in [-0.05, 0) is 18.6 Å². The van der Waals surface area contributed by atoms with E-state index in [4.69, 9.17) is 11.1 Å². The predicted octanol–water partition coefficient (Wildman–Crippen LogP) is 3.19. The van der Waals surface area contributed by atoms with Gasteiger partial charge in [0.1, 0.15) is 11.7 Å². The lowest BCUT2D eigenvalue weighted by atomic mass is 10.1. The minimum absolute atomic E-state index is 0.0891. The van der Waals surface area contributed by atoms with E-state index in [1.165, 1.54) is 5.56 Å². The molecule has 0 amide bonds. The molecular formula is C18H18N4. The molecule has 4 nitrogen and oxygen atoms in total. The molecule has 2 aromatic carbocycles. The van der Waals surface area contributed by atoms with Crippen LogP contribution in [0.4, 0.5) is 0 Å². The Kier molecular flexibility index (Phi) is 3.74. The molecule has 0 saturated carbocycles. The van der Waals surface area contributed by atoms with Crippen LogP contribution in [-0.2, 0) is 6.54 Å². The first kappa shape index (κ1) is 14.1. The smallest absolute Gasteiger partial charge is 0.140 e. The maximum atomic E-state index is 7.54. The monoisotopic (exact) mass is 290 g/mol. The topological polar surface area (TPSA) is 67.7 Å². The molecule has 0 aliphatic heterocycles. The molecule has 0 spiro atoms. The lowest BCUT2D eigenvalue weighted by molar-refractivity contribution is 0.807. The second-order valence-electron chi connectivity index (χ2n) is 5.36. The van der Waals surface area contributed by atoms with E-state index < -0.39 is 0 Å². The second-order valence-corrected chi connectivity index (χ2v) is 5.36. The van der Waals surface area contributed by atoms with Gasteiger partial charge in [-0.2, -0.15) is 0 Å². The molecule has 0 aliphatic carbocycles. The van der Waals surface area contributed by atoms with Gasteiger partial charge < -0.3 is 10.3 Å². The van der Waals surface area contributed by atoms with E-state index in [-0.39, 0.29) is 5.84 Å². The van der Waals surface area contributed by atoms with Crippen LogP contribution in [0.25, 0.3) is 11.4 Å². The second kappa shape index (κ2) is 5.85. The SMILES string of the molecule is Cc1ccc(-c2nccn2Cc2cccc(C(=N)N)c2)cc1. The summed E-state index contributed by atoms with van der Waals surface area (Å²) in [6, 6.07) is 16.1. The number of aromatic nitrogens is 2. The summed E-state index contributed by atoms with van der Waals surface area (Å²) in [4.78, 5) is 4.47. The van der Waals surface area contributed by atoms with Gasteiger partial charge in [-0.3, -0.25) is 5.41 Å². The first-order chi connectivity index (χ1) is 10.6. The third-order valence-electron chi connectivity index (χ3n) is 3.62. The molecule has 1 aromatic heterocycles. The number of hydrogen-bond acceptors (Lipinski definition) is 2. The molecule has 3 N–H and O–H groups in total. The number of nitrogens with zero attached hydrogens (tertiary/aromatic N) is 2. The number of nitrogens with two attached hydrogens (primary N) is 1. The highest BCUT2D eigenvalue weighted by Gasteiger charge is 2.07. The van der Waals surface area contributed by atoms with Crippen LogP contribution >= 0.6 is 0 Å². The maximum absolute atomic E-state index is 7.54. The molecule has 22 heavy (non-hydrogen) atoms. The minimum Gasteiger partial charge on any atom is -0.384 e. The van der Waals surface area contributed by atoms with Crippen LogP contribution in [0, 0.1) is 12.3 Å². The molecule has 3 rings (SSSR count). The largest absolute Gasteiger partial charge is 0.384 e. The van der Waals surface area contributed by atoms with Crippen molar-refractivity contribution < 1.29 is 0 Å². The zero-order valence-corrected chi connectivity index (χ0v) is 12.5. The number of aryl methyl sites for hydroxylation is 1. The molecule has 0 unspecified atom stereocenters. The van der Waals surface area contributed by atoms with E-state index in [1.54, 1.807) is 0 Å². The Balaban J connectivity index is 1.91. The summed E-state index contributed by atoms with van der Waals surface area (Å²) in [5.74, 6) is 1.03. The number of benzene rings is 2. The third kappa shape index (κ3) is 2.91. The zero-order valence-electron chi connectivity index (χ0n) is 12.5. The van der Waals surface area contributed by atoms with Crippen molar-refractivity contribution in [2.75, 3.05) is 0 Å². The van der Waals surface area contributed by atoms with Crippen LogP contribution in [0.5, 0.6) is 0 Å². The van der Waals surface area contributed by atoms with Gasteiger partial charge in [0.2, 0.25) is 0 Å². The summed E-state index contributed by atoms with van der Waals surface area (Å²) >= 11 is 0. The van der Waals surface area contributed by atoms with Crippen molar-refractivity contribution in [3.63, 3.8) is 0 Å². The standard InChI is InChI=1S/C18H18N4/c1-13-5-7-15(8-6-13)18-21-9-10-22(18)12-14-3-2-4-16(11-14)17(19)20/h2-11H,12H2,1H3,(H3,19,20). The van der Waals surface area contributed by atoms with Gasteiger partial charge in [0.15, 0.2) is 0 Å². The van der Waals surface area contributed by atoms with E-state index in [1.807, 2.05) is 36.7 Å². The fraction of sp³-hybridized carbons (Fsp3) is 0.111. The molecule has 1 heterocycles. The number of hydrogen-bond donors (Lipinski definition) is 2. The van der Waals surface area contributed by atoms with Crippen LogP contribution in [0.1, 0.15) is 16.7 Å². The van der Waals surface area contributed by atoms with Gasteiger partial charge in [-0.1, -0.05) is 48.0 Å². The van der Waals surface area contributed by atoms with Crippen molar-refractivity contribution in [2.24, 2.45) is 5.73 Å². The van der Waals surface area contributed by atoms with Crippen molar-refractivity contribution >= 4 is 5.84 Å². The van der Waals surface area contributed by atoms with Crippen molar-refractivity contribution in [2.45, 2.75) is 13.5 Å². The normalized spacial score (nSPS) is 10.6. The number of imidazole rings is 1. The summed E-state index contributed by atoms with van der Waals surface area (Å²) in [5, 5.41) is 7.54. The molecule has 110 valence electrons. The molecule has 0 saturated heterocycles. The average Bonchev–Trinajstić information content (AvgIpc) is 2.96. The Morgan fingerprint density at radius 3 is 2.68 bits per heavy atom. The summed E-state index contributed by atoms with van der Waals surface area (Å²) in [5.41, 5.74) is 9.72. The molecule has 0 fully saturated rings. The van der Waals surface area contributed by atoms with Gasteiger partial charge in [-0.25, -0.2) is 4.98 Å². The molecule has 0 aliphatic rings. The van der Waals surface area contributed by atoms with E-state index in [9.17, 15) is 0 Å².